The summed E-state index contributed by atoms with van der Waals surface area (Å²) in [5.74, 6) is -0.419. The van der Waals surface area contributed by atoms with Crippen LogP contribution in [0.2, 0.25) is 0 Å². The lowest BCUT2D eigenvalue weighted by Crippen LogP contribution is -2.39. The predicted molar refractivity (Wildman–Crippen MR) is 98.5 cm³/mol. The van der Waals surface area contributed by atoms with Crippen LogP contribution in [0.15, 0.2) is 34.9 Å². The van der Waals surface area contributed by atoms with E-state index in [1.165, 1.54) is 6.07 Å². The van der Waals surface area contributed by atoms with Crippen molar-refractivity contribution in [3.8, 4) is 0 Å². The molecule has 0 fully saturated rings. The summed E-state index contributed by atoms with van der Waals surface area (Å²) in [6.45, 7) is 5.40. The van der Waals surface area contributed by atoms with Crippen molar-refractivity contribution in [2.24, 2.45) is 10.5 Å². The highest BCUT2D eigenvalue weighted by molar-refractivity contribution is 6.09. The molecule has 1 N–H and O–H groups in total. The molecule has 10 nitrogen and oxygen atoms in total. The Morgan fingerprint density at radius 1 is 1.33 bits per heavy atom. The number of nitrogens with one attached hydrogen (secondary N) is 1. The molecule has 144 valence electrons. The van der Waals surface area contributed by atoms with Gasteiger partial charge in [0.1, 0.15) is 11.1 Å². The maximum Gasteiger partial charge on any atom is 0.322 e. The van der Waals surface area contributed by atoms with Crippen molar-refractivity contribution in [1.82, 2.24) is 0 Å². The molecule has 1 atom stereocenters. The van der Waals surface area contributed by atoms with E-state index in [0.717, 1.165) is 17.7 Å². The van der Waals surface area contributed by atoms with Crippen molar-refractivity contribution in [3.05, 3.63) is 50.1 Å². The van der Waals surface area contributed by atoms with Gasteiger partial charge in [-0.2, -0.15) is 5.10 Å². The van der Waals surface area contributed by atoms with E-state index in [4.69, 9.17) is 4.74 Å². The number of non-ortho nitro benzene ring substituents is 1. The first-order valence-electron chi connectivity index (χ1n) is 8.32. The van der Waals surface area contributed by atoms with Crippen molar-refractivity contribution in [1.29, 1.82) is 0 Å². The van der Waals surface area contributed by atoms with Crippen LogP contribution in [0.1, 0.15) is 33.6 Å². The number of hydrazone groups is 1. The fourth-order valence-corrected chi connectivity index (χ4v) is 3.13. The van der Waals surface area contributed by atoms with Gasteiger partial charge in [0.15, 0.2) is 0 Å². The number of hydrogen-bond acceptors (Lipinski definition) is 8. The Bertz CT molecular complexity index is 848. The molecule has 0 unspecified atom stereocenters. The molecule has 1 aliphatic carbocycles. The standard InChI is InChI=1S/C17H20N4O6/c1-4-27-16(22)17(9-5-6-11(17)2)12(3)18-19-14-8-7-13(20(23)24)10-15(14)21(25)26/h6-8,10,19H,4-5,9H2,1-3H3/b18-12+/t17-/m0/s1. The first-order chi connectivity index (χ1) is 12.7. The van der Waals surface area contributed by atoms with E-state index >= 15 is 0 Å². The third-order valence-corrected chi connectivity index (χ3v) is 4.62. The average Bonchev–Trinajstić information content (AvgIpc) is 3.02. The third kappa shape index (κ3) is 3.78. The molecule has 1 aromatic rings. The van der Waals surface area contributed by atoms with Gasteiger partial charge in [0.25, 0.3) is 5.69 Å². The number of nitro benzene ring substituents is 2. The summed E-state index contributed by atoms with van der Waals surface area (Å²) in [5, 5.41) is 26.2. The van der Waals surface area contributed by atoms with E-state index in [0.29, 0.717) is 18.6 Å². The largest absolute Gasteiger partial charge is 0.465 e. The first-order valence-corrected chi connectivity index (χ1v) is 8.32. The SMILES string of the molecule is CCOC(=O)[C@@]1(/C(C)=N/Nc2ccc([N+](=O)[O-])cc2[N+](=O)[O-])CCC=C1C. The average molecular weight is 376 g/mol. The van der Waals surface area contributed by atoms with Crippen LogP contribution in [0.4, 0.5) is 17.1 Å². The fraction of sp³-hybridized carbons (Fsp3) is 0.412. The zero-order valence-corrected chi connectivity index (χ0v) is 15.2. The minimum absolute atomic E-state index is 0.0106. The Labute approximate surface area is 155 Å². The number of nitrogens with zero attached hydrogens (tertiary/aromatic N) is 3. The zero-order chi connectivity index (χ0) is 20.2. The first kappa shape index (κ1) is 20.0. The predicted octanol–water partition coefficient (Wildman–Crippen LogP) is 3.58. The summed E-state index contributed by atoms with van der Waals surface area (Å²) in [6.07, 6.45) is 3.12. The van der Waals surface area contributed by atoms with Crippen LogP contribution in [-0.4, -0.2) is 28.1 Å². The van der Waals surface area contributed by atoms with Gasteiger partial charge in [-0.25, -0.2) is 0 Å². The Kier molecular flexibility index (Phi) is 5.88. The normalized spacial score (nSPS) is 19.4. The van der Waals surface area contributed by atoms with Crippen LogP contribution >= 0.6 is 0 Å². The topological polar surface area (TPSA) is 137 Å². The summed E-state index contributed by atoms with van der Waals surface area (Å²) in [4.78, 5) is 33.2. The molecule has 1 aromatic carbocycles. The molecule has 10 heteroatoms. The minimum atomic E-state index is -1.02. The van der Waals surface area contributed by atoms with Crippen LogP contribution in [0.5, 0.6) is 0 Å². The van der Waals surface area contributed by atoms with Crippen molar-refractivity contribution in [3.63, 3.8) is 0 Å². The highest BCUT2D eigenvalue weighted by Gasteiger charge is 2.46. The molecule has 0 heterocycles. The van der Waals surface area contributed by atoms with E-state index < -0.39 is 32.6 Å². The summed E-state index contributed by atoms with van der Waals surface area (Å²) < 4.78 is 5.21. The van der Waals surface area contributed by atoms with Gasteiger partial charge in [-0.1, -0.05) is 11.6 Å². The van der Waals surface area contributed by atoms with Gasteiger partial charge in [0, 0.05) is 6.07 Å². The van der Waals surface area contributed by atoms with Gasteiger partial charge < -0.3 is 4.74 Å². The van der Waals surface area contributed by atoms with Crippen LogP contribution in [0.3, 0.4) is 0 Å². The van der Waals surface area contributed by atoms with Gasteiger partial charge in [-0.05, 0) is 39.7 Å². The highest BCUT2D eigenvalue weighted by Crippen LogP contribution is 2.41. The number of hydrogen-bond donors (Lipinski definition) is 1. The number of nitro groups is 2. The second-order valence-electron chi connectivity index (χ2n) is 6.08. The maximum atomic E-state index is 12.6. The summed E-state index contributed by atoms with van der Waals surface area (Å²) >= 11 is 0. The Morgan fingerprint density at radius 2 is 2.04 bits per heavy atom. The van der Waals surface area contributed by atoms with Gasteiger partial charge in [-0.15, -0.1) is 0 Å². The molecule has 0 saturated heterocycles. The van der Waals surface area contributed by atoms with E-state index in [1.807, 2.05) is 13.0 Å². The lowest BCUT2D eigenvalue weighted by molar-refractivity contribution is -0.393. The van der Waals surface area contributed by atoms with Gasteiger partial charge in [0.2, 0.25) is 0 Å². The molecule has 0 saturated carbocycles. The lowest BCUT2D eigenvalue weighted by Gasteiger charge is -2.28. The number of anilines is 1. The molecule has 0 amide bonds. The molecule has 0 radical (unpaired) electrons. The Hall–Kier alpha value is -3.30. The molecule has 2 rings (SSSR count). The van der Waals surface area contributed by atoms with Gasteiger partial charge >= 0.3 is 11.7 Å². The van der Waals surface area contributed by atoms with Gasteiger partial charge in [0.05, 0.1) is 28.2 Å². The number of carbonyl (C=O) groups excluding carboxylic acids is 1. The van der Waals surface area contributed by atoms with E-state index in [9.17, 15) is 25.0 Å². The Balaban J connectivity index is 2.38. The molecule has 27 heavy (non-hydrogen) atoms. The monoisotopic (exact) mass is 376 g/mol. The smallest absolute Gasteiger partial charge is 0.322 e. The van der Waals surface area contributed by atoms with Crippen LogP contribution in [-0.2, 0) is 9.53 Å². The number of carbonyl (C=O) groups is 1. The lowest BCUT2D eigenvalue weighted by atomic mass is 9.77. The molecule has 1 aliphatic rings. The van der Waals surface area contributed by atoms with Gasteiger partial charge in [-0.3, -0.25) is 30.4 Å². The third-order valence-electron chi connectivity index (χ3n) is 4.62. The quantitative estimate of drug-likeness (QED) is 0.252. The summed E-state index contributed by atoms with van der Waals surface area (Å²) in [6, 6.07) is 3.21. The number of esters is 1. The van der Waals surface area contributed by atoms with E-state index in [2.05, 4.69) is 10.5 Å². The van der Waals surface area contributed by atoms with Crippen LogP contribution in [0, 0.1) is 25.6 Å². The van der Waals surface area contributed by atoms with Crippen LogP contribution < -0.4 is 5.43 Å². The number of ether oxygens (including phenoxy) is 1. The second kappa shape index (κ2) is 7.94. The molecular formula is C17H20N4O6. The van der Waals surface area contributed by atoms with Crippen molar-refractivity contribution in [2.45, 2.75) is 33.6 Å². The summed E-state index contributed by atoms with van der Waals surface area (Å²) in [5.41, 5.74) is 1.87. The molecule has 0 spiro atoms. The summed E-state index contributed by atoms with van der Waals surface area (Å²) in [7, 11) is 0. The second-order valence-corrected chi connectivity index (χ2v) is 6.08. The number of rotatable bonds is 7. The minimum Gasteiger partial charge on any atom is -0.465 e. The molecular weight excluding hydrogens is 356 g/mol. The maximum absolute atomic E-state index is 12.6. The zero-order valence-electron chi connectivity index (χ0n) is 15.2. The van der Waals surface area contributed by atoms with E-state index in [1.54, 1.807) is 13.8 Å². The van der Waals surface area contributed by atoms with Crippen molar-refractivity contribution in [2.75, 3.05) is 12.0 Å². The van der Waals surface area contributed by atoms with E-state index in [-0.39, 0.29) is 12.3 Å². The van der Waals surface area contributed by atoms with Crippen molar-refractivity contribution < 1.29 is 19.4 Å². The van der Waals surface area contributed by atoms with Crippen molar-refractivity contribution >= 4 is 28.7 Å². The molecule has 0 aromatic heterocycles. The fourth-order valence-electron chi connectivity index (χ4n) is 3.13. The Morgan fingerprint density at radius 3 is 2.56 bits per heavy atom. The number of allylic oxidation sites excluding steroid dienone is 1. The molecule has 0 bridgehead atoms. The number of benzene rings is 1. The highest BCUT2D eigenvalue weighted by atomic mass is 16.6. The van der Waals surface area contributed by atoms with Crippen LogP contribution in [0.25, 0.3) is 0 Å². The molecule has 0 aliphatic heterocycles.